The highest BCUT2D eigenvalue weighted by Gasteiger charge is 2.14. The predicted octanol–water partition coefficient (Wildman–Crippen LogP) is 3.33. The molecule has 0 radical (unpaired) electrons. The van der Waals surface area contributed by atoms with Gasteiger partial charge in [0.25, 0.3) is 5.91 Å². The van der Waals surface area contributed by atoms with Gasteiger partial charge in [0, 0.05) is 0 Å². The minimum Gasteiger partial charge on any atom is -0.507 e. The first-order valence-corrected chi connectivity index (χ1v) is 6.33. The molecule has 0 aliphatic rings. The lowest BCUT2D eigenvalue weighted by molar-refractivity contribution is 0.0937. The van der Waals surface area contributed by atoms with Crippen molar-refractivity contribution in [3.63, 3.8) is 0 Å². The van der Waals surface area contributed by atoms with Crippen molar-refractivity contribution in [1.82, 2.24) is 5.32 Å². The first-order valence-electron chi connectivity index (χ1n) is 6.33. The van der Waals surface area contributed by atoms with E-state index in [9.17, 15) is 14.3 Å². The number of rotatable bonds is 3. The number of aromatic hydroxyl groups is 1. The van der Waals surface area contributed by atoms with Gasteiger partial charge < -0.3 is 10.4 Å². The van der Waals surface area contributed by atoms with E-state index >= 15 is 0 Å². The molecule has 2 rings (SSSR count). The fourth-order valence-electron chi connectivity index (χ4n) is 1.94. The van der Waals surface area contributed by atoms with Gasteiger partial charge in [-0.2, -0.15) is 0 Å². The van der Waals surface area contributed by atoms with E-state index in [-0.39, 0.29) is 29.1 Å². The van der Waals surface area contributed by atoms with E-state index in [1.54, 1.807) is 31.2 Å². The summed E-state index contributed by atoms with van der Waals surface area (Å²) in [4.78, 5) is 12.1. The zero-order valence-corrected chi connectivity index (χ0v) is 11.4. The molecule has 2 aromatic rings. The van der Waals surface area contributed by atoms with Crippen molar-refractivity contribution in [2.24, 2.45) is 0 Å². The number of phenols is 1. The molecule has 1 amide bonds. The van der Waals surface area contributed by atoms with Crippen LogP contribution in [-0.2, 0) is 0 Å². The maximum absolute atomic E-state index is 12.9. The Kier molecular flexibility index (Phi) is 4.03. The minimum absolute atomic E-state index is 0.0561. The molecule has 1 unspecified atom stereocenters. The second-order valence-corrected chi connectivity index (χ2v) is 4.77. The van der Waals surface area contributed by atoms with Gasteiger partial charge in [-0.05, 0) is 43.7 Å². The number of aryl methyl sites for hydroxylation is 1. The van der Waals surface area contributed by atoms with Gasteiger partial charge in [0.1, 0.15) is 11.6 Å². The van der Waals surface area contributed by atoms with E-state index < -0.39 is 0 Å². The van der Waals surface area contributed by atoms with Crippen LogP contribution in [-0.4, -0.2) is 11.0 Å². The summed E-state index contributed by atoms with van der Waals surface area (Å²) in [7, 11) is 0. The Morgan fingerprint density at radius 3 is 2.50 bits per heavy atom. The van der Waals surface area contributed by atoms with Crippen LogP contribution in [0.2, 0.25) is 0 Å². The van der Waals surface area contributed by atoms with Crippen LogP contribution in [0.15, 0.2) is 42.5 Å². The first-order chi connectivity index (χ1) is 9.47. The van der Waals surface area contributed by atoms with Gasteiger partial charge in [-0.3, -0.25) is 4.79 Å². The number of halogens is 1. The van der Waals surface area contributed by atoms with Crippen LogP contribution in [0.1, 0.15) is 34.5 Å². The Hall–Kier alpha value is -2.36. The summed E-state index contributed by atoms with van der Waals surface area (Å²) in [6, 6.07) is 10.5. The lowest BCUT2D eigenvalue weighted by Gasteiger charge is -2.15. The van der Waals surface area contributed by atoms with Crippen molar-refractivity contribution in [2.45, 2.75) is 19.9 Å². The molecule has 1 atom stereocenters. The van der Waals surface area contributed by atoms with Crippen LogP contribution in [0.3, 0.4) is 0 Å². The standard InChI is InChI=1S/C16H16FNO2/c1-10-3-8-15(19)14(9-10)16(20)18-11(2)12-4-6-13(17)7-5-12/h3-9,11,19H,1-2H3,(H,18,20). The van der Waals surface area contributed by atoms with Gasteiger partial charge in [0.2, 0.25) is 0 Å². The second kappa shape index (κ2) is 5.74. The molecule has 20 heavy (non-hydrogen) atoms. The fraction of sp³-hybridized carbons (Fsp3) is 0.188. The van der Waals surface area contributed by atoms with Crippen molar-refractivity contribution in [1.29, 1.82) is 0 Å². The molecule has 3 nitrogen and oxygen atoms in total. The van der Waals surface area contributed by atoms with Crippen LogP contribution in [0.4, 0.5) is 4.39 Å². The van der Waals surface area contributed by atoms with Gasteiger partial charge >= 0.3 is 0 Å². The summed E-state index contributed by atoms with van der Waals surface area (Å²) in [5, 5.41) is 12.5. The highest BCUT2D eigenvalue weighted by Crippen LogP contribution is 2.20. The molecule has 2 aromatic carbocycles. The third-order valence-corrected chi connectivity index (χ3v) is 3.11. The average Bonchev–Trinajstić information content (AvgIpc) is 2.42. The van der Waals surface area contributed by atoms with Crippen molar-refractivity contribution in [3.8, 4) is 5.75 Å². The Labute approximate surface area is 117 Å². The number of nitrogens with one attached hydrogen (secondary N) is 1. The molecule has 0 heterocycles. The van der Waals surface area contributed by atoms with Crippen molar-refractivity contribution in [2.75, 3.05) is 0 Å². The summed E-state index contributed by atoms with van der Waals surface area (Å²) >= 11 is 0. The molecule has 0 saturated heterocycles. The zero-order valence-electron chi connectivity index (χ0n) is 11.4. The maximum atomic E-state index is 12.9. The predicted molar refractivity (Wildman–Crippen MR) is 75.1 cm³/mol. The molecule has 0 spiro atoms. The molecule has 0 saturated carbocycles. The summed E-state index contributed by atoms with van der Waals surface area (Å²) in [6.07, 6.45) is 0. The molecule has 104 valence electrons. The van der Waals surface area contributed by atoms with E-state index in [2.05, 4.69) is 5.32 Å². The van der Waals surface area contributed by atoms with E-state index in [0.717, 1.165) is 11.1 Å². The molecular weight excluding hydrogens is 257 g/mol. The third-order valence-electron chi connectivity index (χ3n) is 3.11. The van der Waals surface area contributed by atoms with Crippen LogP contribution >= 0.6 is 0 Å². The molecule has 0 aliphatic heterocycles. The van der Waals surface area contributed by atoms with E-state index in [1.165, 1.54) is 18.2 Å². The number of phenolic OH excluding ortho intramolecular Hbond substituents is 1. The first kappa shape index (κ1) is 14.1. The Morgan fingerprint density at radius 1 is 1.20 bits per heavy atom. The summed E-state index contributed by atoms with van der Waals surface area (Å²) in [5.41, 5.74) is 1.92. The number of hydrogen-bond acceptors (Lipinski definition) is 2. The van der Waals surface area contributed by atoms with Crippen LogP contribution in [0.5, 0.6) is 5.75 Å². The molecule has 4 heteroatoms. The van der Waals surface area contributed by atoms with Gasteiger partial charge in [0.15, 0.2) is 0 Å². The normalized spacial score (nSPS) is 11.9. The van der Waals surface area contributed by atoms with Crippen LogP contribution in [0, 0.1) is 12.7 Å². The Morgan fingerprint density at radius 2 is 1.85 bits per heavy atom. The summed E-state index contributed by atoms with van der Waals surface area (Å²) < 4.78 is 12.9. The molecule has 0 aliphatic carbocycles. The highest BCUT2D eigenvalue weighted by molar-refractivity contribution is 5.97. The number of carbonyl (C=O) groups excluding carboxylic acids is 1. The smallest absolute Gasteiger partial charge is 0.255 e. The number of amides is 1. The van der Waals surface area contributed by atoms with Crippen molar-refractivity contribution < 1.29 is 14.3 Å². The number of benzene rings is 2. The minimum atomic E-state index is -0.358. The summed E-state index contributed by atoms with van der Waals surface area (Å²) in [5.74, 6) is -0.731. The highest BCUT2D eigenvalue weighted by atomic mass is 19.1. The molecule has 0 bridgehead atoms. The van der Waals surface area contributed by atoms with Gasteiger partial charge in [-0.1, -0.05) is 23.8 Å². The topological polar surface area (TPSA) is 49.3 Å². The van der Waals surface area contributed by atoms with E-state index in [0.29, 0.717) is 0 Å². The molecule has 0 fully saturated rings. The zero-order chi connectivity index (χ0) is 14.7. The van der Waals surface area contributed by atoms with Gasteiger partial charge in [0.05, 0.1) is 11.6 Å². The van der Waals surface area contributed by atoms with E-state index in [4.69, 9.17) is 0 Å². The monoisotopic (exact) mass is 273 g/mol. The number of carbonyl (C=O) groups is 1. The molecule has 0 aromatic heterocycles. The van der Waals surface area contributed by atoms with Gasteiger partial charge in [-0.15, -0.1) is 0 Å². The SMILES string of the molecule is Cc1ccc(O)c(C(=O)NC(C)c2ccc(F)cc2)c1. The largest absolute Gasteiger partial charge is 0.507 e. The maximum Gasteiger partial charge on any atom is 0.255 e. The van der Waals surface area contributed by atoms with Crippen LogP contribution < -0.4 is 5.32 Å². The Balaban J connectivity index is 2.15. The van der Waals surface area contributed by atoms with E-state index in [1.807, 2.05) is 6.92 Å². The number of hydrogen-bond donors (Lipinski definition) is 2. The van der Waals surface area contributed by atoms with Crippen LogP contribution in [0.25, 0.3) is 0 Å². The quantitative estimate of drug-likeness (QED) is 0.901. The fourth-order valence-corrected chi connectivity index (χ4v) is 1.94. The third kappa shape index (κ3) is 3.15. The second-order valence-electron chi connectivity index (χ2n) is 4.77. The Bertz CT molecular complexity index is 623. The average molecular weight is 273 g/mol. The lowest BCUT2D eigenvalue weighted by Crippen LogP contribution is -2.26. The van der Waals surface area contributed by atoms with Gasteiger partial charge in [-0.25, -0.2) is 4.39 Å². The van der Waals surface area contributed by atoms with Crippen molar-refractivity contribution in [3.05, 3.63) is 65.0 Å². The molecule has 2 N–H and O–H groups in total. The molecular formula is C16H16FNO2. The lowest BCUT2D eigenvalue weighted by atomic mass is 10.1. The van der Waals surface area contributed by atoms with Crippen molar-refractivity contribution >= 4 is 5.91 Å². The summed E-state index contributed by atoms with van der Waals surface area (Å²) in [6.45, 7) is 3.65.